The SMILES string of the molecule is COC1=CCC2=C(CC[C@H]3[C@@H]2CCP3C)C1. The third-order valence-corrected chi connectivity index (χ3v) is 7.38. The molecule has 1 heterocycles. The lowest BCUT2D eigenvalue weighted by Crippen LogP contribution is -2.23. The van der Waals surface area contributed by atoms with E-state index >= 15 is 0 Å². The van der Waals surface area contributed by atoms with Crippen molar-refractivity contribution in [3.05, 3.63) is 23.0 Å². The van der Waals surface area contributed by atoms with Gasteiger partial charge in [-0.15, -0.1) is 7.92 Å². The number of hydrogen-bond donors (Lipinski definition) is 0. The Hall–Kier alpha value is -0.290. The van der Waals surface area contributed by atoms with Gasteiger partial charge in [0.15, 0.2) is 0 Å². The van der Waals surface area contributed by atoms with Crippen LogP contribution in [0.2, 0.25) is 0 Å². The zero-order chi connectivity index (χ0) is 11.1. The van der Waals surface area contributed by atoms with Gasteiger partial charge in [-0.1, -0.05) is 11.1 Å². The van der Waals surface area contributed by atoms with Crippen molar-refractivity contribution in [3.8, 4) is 0 Å². The zero-order valence-electron chi connectivity index (χ0n) is 10.3. The molecule has 2 aliphatic carbocycles. The number of hydrogen-bond acceptors (Lipinski definition) is 1. The lowest BCUT2D eigenvalue weighted by molar-refractivity contribution is 0.276. The third kappa shape index (κ3) is 1.64. The second-order valence-corrected chi connectivity index (χ2v) is 7.99. The van der Waals surface area contributed by atoms with Gasteiger partial charge in [-0.3, -0.25) is 0 Å². The Morgan fingerprint density at radius 3 is 3.06 bits per heavy atom. The highest BCUT2D eigenvalue weighted by Crippen LogP contribution is 2.58. The molecular weight excluding hydrogens is 215 g/mol. The maximum Gasteiger partial charge on any atom is 0.0959 e. The van der Waals surface area contributed by atoms with E-state index in [0.717, 1.165) is 18.0 Å². The molecule has 0 N–H and O–H groups in total. The van der Waals surface area contributed by atoms with Crippen LogP contribution in [0.1, 0.15) is 32.1 Å². The van der Waals surface area contributed by atoms with Crippen LogP contribution in [0.15, 0.2) is 23.0 Å². The fraction of sp³-hybridized carbons (Fsp3) is 0.714. The standard InChI is InChI=1S/C14H21OP/c1-15-11-4-5-12-10(9-11)3-6-14-13(12)7-8-16(14)2/h4,13-14H,3,5-9H2,1-2H3/t13-,14+,16?/m1/s1. The van der Waals surface area contributed by atoms with Gasteiger partial charge < -0.3 is 4.74 Å². The van der Waals surface area contributed by atoms with Gasteiger partial charge in [0.25, 0.3) is 0 Å². The highest BCUT2D eigenvalue weighted by molar-refractivity contribution is 7.58. The van der Waals surface area contributed by atoms with Crippen molar-refractivity contribution in [1.29, 1.82) is 0 Å². The van der Waals surface area contributed by atoms with Crippen LogP contribution < -0.4 is 0 Å². The summed E-state index contributed by atoms with van der Waals surface area (Å²) in [7, 11) is 2.15. The maximum atomic E-state index is 5.40. The van der Waals surface area contributed by atoms with Crippen LogP contribution in [-0.4, -0.2) is 25.6 Å². The summed E-state index contributed by atoms with van der Waals surface area (Å²) in [6.07, 6.45) is 10.4. The Labute approximate surface area is 99.7 Å². The van der Waals surface area contributed by atoms with Gasteiger partial charge in [-0.05, 0) is 56.2 Å². The lowest BCUT2D eigenvalue weighted by Gasteiger charge is -2.35. The summed E-state index contributed by atoms with van der Waals surface area (Å²) in [5.41, 5.74) is 4.60. The van der Waals surface area contributed by atoms with Crippen molar-refractivity contribution in [2.75, 3.05) is 19.9 Å². The molecule has 1 aliphatic heterocycles. The summed E-state index contributed by atoms with van der Waals surface area (Å²) in [6.45, 7) is 2.52. The first kappa shape index (κ1) is 10.8. The molecule has 1 unspecified atom stereocenters. The van der Waals surface area contributed by atoms with Crippen molar-refractivity contribution in [1.82, 2.24) is 0 Å². The molecule has 16 heavy (non-hydrogen) atoms. The van der Waals surface area contributed by atoms with E-state index in [-0.39, 0.29) is 0 Å². The summed E-state index contributed by atoms with van der Waals surface area (Å²) in [5.74, 6) is 2.16. The first-order valence-electron chi connectivity index (χ1n) is 6.43. The first-order valence-corrected chi connectivity index (χ1v) is 8.48. The largest absolute Gasteiger partial charge is 0.501 e. The van der Waals surface area contributed by atoms with Crippen molar-refractivity contribution in [2.45, 2.75) is 37.8 Å². The second kappa shape index (κ2) is 4.18. The Morgan fingerprint density at radius 1 is 1.38 bits per heavy atom. The van der Waals surface area contributed by atoms with Crippen LogP contribution in [0.5, 0.6) is 0 Å². The zero-order valence-corrected chi connectivity index (χ0v) is 11.2. The summed E-state index contributed by atoms with van der Waals surface area (Å²) in [6, 6.07) is 0. The van der Waals surface area contributed by atoms with Crippen LogP contribution in [0, 0.1) is 5.92 Å². The number of ether oxygens (including phenoxy) is 1. The van der Waals surface area contributed by atoms with Gasteiger partial charge in [0.1, 0.15) is 0 Å². The Kier molecular flexibility index (Phi) is 2.83. The molecule has 0 saturated carbocycles. The highest BCUT2D eigenvalue weighted by atomic mass is 31.1. The molecule has 3 aliphatic rings. The summed E-state index contributed by atoms with van der Waals surface area (Å²) < 4.78 is 5.40. The Morgan fingerprint density at radius 2 is 2.25 bits per heavy atom. The van der Waals surface area contributed by atoms with Gasteiger partial charge in [0, 0.05) is 6.42 Å². The van der Waals surface area contributed by atoms with Gasteiger partial charge in [0.2, 0.25) is 0 Å². The Bertz CT molecular complexity index is 356. The molecule has 88 valence electrons. The van der Waals surface area contributed by atoms with Gasteiger partial charge in [-0.25, -0.2) is 0 Å². The minimum absolute atomic E-state index is 0.344. The van der Waals surface area contributed by atoms with E-state index in [2.05, 4.69) is 12.7 Å². The third-order valence-electron chi connectivity index (χ3n) is 4.67. The maximum absolute atomic E-state index is 5.40. The smallest absolute Gasteiger partial charge is 0.0959 e. The van der Waals surface area contributed by atoms with Gasteiger partial charge in [-0.2, -0.15) is 0 Å². The molecule has 0 spiro atoms. The Balaban J connectivity index is 1.84. The monoisotopic (exact) mass is 236 g/mol. The van der Waals surface area contributed by atoms with Crippen molar-refractivity contribution < 1.29 is 4.74 Å². The molecule has 2 heteroatoms. The second-order valence-electron chi connectivity index (χ2n) is 5.37. The average molecular weight is 236 g/mol. The van der Waals surface area contributed by atoms with Crippen molar-refractivity contribution >= 4 is 7.92 Å². The number of allylic oxidation sites excluding steroid dienone is 3. The molecule has 0 bridgehead atoms. The van der Waals surface area contributed by atoms with Crippen LogP contribution >= 0.6 is 7.92 Å². The molecule has 0 aromatic rings. The van der Waals surface area contributed by atoms with E-state index in [9.17, 15) is 0 Å². The van der Waals surface area contributed by atoms with Crippen molar-refractivity contribution in [3.63, 3.8) is 0 Å². The minimum atomic E-state index is 0.344. The molecule has 0 radical (unpaired) electrons. The molecule has 0 aromatic carbocycles. The van der Waals surface area contributed by atoms with E-state index in [1.54, 1.807) is 5.57 Å². The van der Waals surface area contributed by atoms with E-state index in [1.807, 2.05) is 12.7 Å². The van der Waals surface area contributed by atoms with Crippen LogP contribution in [-0.2, 0) is 4.74 Å². The van der Waals surface area contributed by atoms with E-state index in [0.29, 0.717) is 7.92 Å². The first-order chi connectivity index (χ1) is 7.79. The fourth-order valence-corrected chi connectivity index (χ4v) is 6.27. The number of fused-ring (bicyclic) bond motifs is 2. The molecular formula is C14H21OP. The normalized spacial score (nSPS) is 37.9. The fourth-order valence-electron chi connectivity index (χ4n) is 3.74. The average Bonchev–Trinajstić information content (AvgIpc) is 2.70. The number of methoxy groups -OCH3 is 1. The van der Waals surface area contributed by atoms with E-state index in [1.165, 1.54) is 37.6 Å². The topological polar surface area (TPSA) is 9.23 Å². The highest BCUT2D eigenvalue weighted by Gasteiger charge is 2.39. The number of rotatable bonds is 1. The van der Waals surface area contributed by atoms with Crippen LogP contribution in [0.25, 0.3) is 0 Å². The van der Waals surface area contributed by atoms with E-state index in [4.69, 9.17) is 4.74 Å². The molecule has 0 aromatic heterocycles. The predicted molar refractivity (Wildman–Crippen MR) is 70.2 cm³/mol. The van der Waals surface area contributed by atoms with Gasteiger partial charge in [0.05, 0.1) is 12.9 Å². The molecule has 3 atom stereocenters. The van der Waals surface area contributed by atoms with Gasteiger partial charge >= 0.3 is 0 Å². The summed E-state index contributed by atoms with van der Waals surface area (Å²) >= 11 is 0. The minimum Gasteiger partial charge on any atom is -0.501 e. The molecule has 3 rings (SSSR count). The molecule has 1 fully saturated rings. The molecule has 1 saturated heterocycles. The van der Waals surface area contributed by atoms with Crippen molar-refractivity contribution in [2.24, 2.45) is 5.92 Å². The summed E-state index contributed by atoms with van der Waals surface area (Å²) in [4.78, 5) is 0. The van der Waals surface area contributed by atoms with Crippen LogP contribution in [0.4, 0.5) is 0 Å². The molecule has 0 amide bonds. The van der Waals surface area contributed by atoms with E-state index < -0.39 is 0 Å². The summed E-state index contributed by atoms with van der Waals surface area (Å²) in [5, 5.41) is 0. The lowest BCUT2D eigenvalue weighted by atomic mass is 9.76. The predicted octanol–water partition coefficient (Wildman–Crippen LogP) is 3.90. The van der Waals surface area contributed by atoms with Crippen LogP contribution in [0.3, 0.4) is 0 Å². The molecule has 1 nitrogen and oxygen atoms in total. The quantitative estimate of drug-likeness (QED) is 0.495.